The van der Waals surface area contributed by atoms with Crippen LogP contribution in [0.4, 0.5) is 8.78 Å². The number of hydrogen-bond acceptors (Lipinski definition) is 2. The van der Waals surface area contributed by atoms with Gasteiger partial charge in [0, 0.05) is 31.7 Å². The molecule has 1 aliphatic rings. The number of amides is 1. The van der Waals surface area contributed by atoms with E-state index in [0.717, 1.165) is 12.6 Å². The van der Waals surface area contributed by atoms with Crippen LogP contribution in [0.15, 0.2) is 18.2 Å². The highest BCUT2D eigenvalue weighted by molar-refractivity contribution is 5.79. The van der Waals surface area contributed by atoms with Crippen molar-refractivity contribution >= 4 is 5.91 Å². The minimum atomic E-state index is -0.661. The fourth-order valence-electron chi connectivity index (χ4n) is 2.10. The normalized spacial score (nSPS) is 19.9. The van der Waals surface area contributed by atoms with Gasteiger partial charge in [0.15, 0.2) is 0 Å². The maximum atomic E-state index is 13.4. The molecular weight excluding hydrogens is 238 g/mol. The molecule has 98 valence electrons. The Morgan fingerprint density at radius 2 is 2.28 bits per heavy atom. The van der Waals surface area contributed by atoms with Gasteiger partial charge in [-0.2, -0.15) is 0 Å². The highest BCUT2D eigenvalue weighted by Gasteiger charge is 2.21. The van der Waals surface area contributed by atoms with Crippen molar-refractivity contribution in [2.24, 2.45) is 0 Å². The summed E-state index contributed by atoms with van der Waals surface area (Å²) in [5.74, 6) is -1.40. The number of hydrogen-bond donors (Lipinski definition) is 1. The second-order valence-electron chi connectivity index (χ2n) is 4.61. The van der Waals surface area contributed by atoms with Crippen molar-refractivity contribution in [1.29, 1.82) is 0 Å². The minimum Gasteiger partial charge on any atom is -0.340 e. The molecule has 18 heavy (non-hydrogen) atoms. The first-order valence-corrected chi connectivity index (χ1v) is 6.01. The fraction of sp³-hybridized carbons (Fsp3) is 0.462. The largest absolute Gasteiger partial charge is 0.340 e. The molecule has 0 aromatic heterocycles. The third-order valence-corrected chi connectivity index (χ3v) is 3.08. The Labute approximate surface area is 105 Å². The lowest BCUT2D eigenvalue weighted by Crippen LogP contribution is -2.51. The monoisotopic (exact) mass is 254 g/mol. The van der Waals surface area contributed by atoms with Crippen molar-refractivity contribution in [3.8, 4) is 0 Å². The van der Waals surface area contributed by atoms with Gasteiger partial charge in [-0.25, -0.2) is 8.78 Å². The third kappa shape index (κ3) is 3.04. The summed E-state index contributed by atoms with van der Waals surface area (Å²) in [7, 11) is 0. The number of halogens is 2. The molecule has 1 aromatic rings. The van der Waals surface area contributed by atoms with Crippen LogP contribution in [0.5, 0.6) is 0 Å². The van der Waals surface area contributed by atoms with Crippen molar-refractivity contribution in [3.05, 3.63) is 35.4 Å². The van der Waals surface area contributed by atoms with Crippen LogP contribution in [0.2, 0.25) is 0 Å². The Bertz CT molecular complexity index is 451. The van der Waals surface area contributed by atoms with Crippen LogP contribution < -0.4 is 5.32 Å². The second-order valence-corrected chi connectivity index (χ2v) is 4.61. The van der Waals surface area contributed by atoms with E-state index in [1.807, 2.05) is 6.92 Å². The Morgan fingerprint density at radius 3 is 2.94 bits per heavy atom. The van der Waals surface area contributed by atoms with Gasteiger partial charge in [-0.1, -0.05) is 6.07 Å². The second kappa shape index (κ2) is 5.44. The zero-order chi connectivity index (χ0) is 13.1. The van der Waals surface area contributed by atoms with E-state index in [0.29, 0.717) is 13.1 Å². The van der Waals surface area contributed by atoms with Gasteiger partial charge in [0.1, 0.15) is 11.6 Å². The number of carbonyl (C=O) groups excluding carboxylic acids is 1. The molecule has 0 aliphatic carbocycles. The summed E-state index contributed by atoms with van der Waals surface area (Å²) in [4.78, 5) is 13.7. The number of benzene rings is 1. The zero-order valence-corrected chi connectivity index (χ0v) is 10.2. The minimum absolute atomic E-state index is 0.0150. The summed E-state index contributed by atoms with van der Waals surface area (Å²) in [6.07, 6.45) is -0.0150. The third-order valence-electron chi connectivity index (χ3n) is 3.08. The van der Waals surface area contributed by atoms with Crippen molar-refractivity contribution in [2.75, 3.05) is 19.6 Å². The number of carbonyl (C=O) groups is 1. The molecule has 3 nitrogen and oxygen atoms in total. The summed E-state index contributed by atoms with van der Waals surface area (Å²) in [6.45, 7) is 4.00. The van der Waals surface area contributed by atoms with Gasteiger partial charge in [-0.15, -0.1) is 0 Å². The first kappa shape index (κ1) is 13.0. The number of rotatable bonds is 2. The van der Waals surface area contributed by atoms with Crippen LogP contribution in [0.3, 0.4) is 0 Å². The smallest absolute Gasteiger partial charge is 0.227 e. The quantitative estimate of drug-likeness (QED) is 0.863. The molecule has 1 fully saturated rings. The highest BCUT2D eigenvalue weighted by atomic mass is 19.1. The Balaban J connectivity index is 2.02. The van der Waals surface area contributed by atoms with E-state index in [1.165, 1.54) is 12.1 Å². The Hall–Kier alpha value is -1.49. The molecule has 0 unspecified atom stereocenters. The summed E-state index contributed by atoms with van der Waals surface area (Å²) in [5.41, 5.74) is 0.243. The maximum Gasteiger partial charge on any atom is 0.227 e. The lowest BCUT2D eigenvalue weighted by Gasteiger charge is -2.32. The van der Waals surface area contributed by atoms with Crippen LogP contribution in [0, 0.1) is 11.6 Å². The average Bonchev–Trinajstić information content (AvgIpc) is 2.32. The topological polar surface area (TPSA) is 32.3 Å². The molecule has 1 heterocycles. The van der Waals surface area contributed by atoms with Gasteiger partial charge in [0.2, 0.25) is 5.91 Å². The first-order chi connectivity index (χ1) is 8.56. The predicted molar refractivity (Wildman–Crippen MR) is 64.1 cm³/mol. The van der Waals surface area contributed by atoms with E-state index in [1.54, 1.807) is 4.90 Å². The lowest BCUT2D eigenvalue weighted by atomic mass is 10.1. The Morgan fingerprint density at radius 1 is 1.50 bits per heavy atom. The van der Waals surface area contributed by atoms with E-state index in [-0.39, 0.29) is 23.9 Å². The standard InChI is InChI=1S/C13H16F2N2O/c1-9-8-17(5-4-16-9)13(18)6-10-2-3-11(14)7-12(10)15/h2-3,7,9,16H,4-6,8H2,1H3/t9-/m0/s1. The van der Waals surface area contributed by atoms with Crippen LogP contribution in [0.1, 0.15) is 12.5 Å². The van der Waals surface area contributed by atoms with Crippen LogP contribution in [0.25, 0.3) is 0 Å². The molecule has 1 aliphatic heterocycles. The zero-order valence-electron chi connectivity index (χ0n) is 10.2. The molecule has 0 radical (unpaired) electrons. The van der Waals surface area contributed by atoms with E-state index in [9.17, 15) is 13.6 Å². The average molecular weight is 254 g/mol. The van der Waals surface area contributed by atoms with Crippen molar-refractivity contribution in [2.45, 2.75) is 19.4 Å². The summed E-state index contributed by atoms with van der Waals surface area (Å²) in [5, 5.41) is 3.23. The van der Waals surface area contributed by atoms with E-state index >= 15 is 0 Å². The molecular formula is C13H16F2N2O. The van der Waals surface area contributed by atoms with Crippen molar-refractivity contribution < 1.29 is 13.6 Å². The van der Waals surface area contributed by atoms with Gasteiger partial charge >= 0.3 is 0 Å². The molecule has 1 saturated heterocycles. The van der Waals surface area contributed by atoms with E-state index < -0.39 is 11.6 Å². The summed E-state index contributed by atoms with van der Waals surface area (Å²) < 4.78 is 26.2. The lowest BCUT2D eigenvalue weighted by molar-refractivity contribution is -0.131. The fourth-order valence-corrected chi connectivity index (χ4v) is 2.10. The molecule has 0 spiro atoms. The summed E-state index contributed by atoms with van der Waals surface area (Å²) in [6, 6.07) is 3.56. The number of piperazine rings is 1. The molecule has 2 rings (SSSR count). The molecule has 0 saturated carbocycles. The molecule has 0 bridgehead atoms. The first-order valence-electron chi connectivity index (χ1n) is 6.01. The van der Waals surface area contributed by atoms with E-state index in [2.05, 4.69) is 5.32 Å². The van der Waals surface area contributed by atoms with Gasteiger partial charge in [-0.05, 0) is 18.6 Å². The highest BCUT2D eigenvalue weighted by Crippen LogP contribution is 2.12. The van der Waals surface area contributed by atoms with Gasteiger partial charge in [-0.3, -0.25) is 4.79 Å². The van der Waals surface area contributed by atoms with Crippen LogP contribution >= 0.6 is 0 Å². The molecule has 1 atom stereocenters. The SMILES string of the molecule is C[C@H]1CN(C(=O)Cc2ccc(F)cc2F)CCN1. The Kier molecular flexibility index (Phi) is 3.91. The number of nitrogens with one attached hydrogen (secondary N) is 1. The van der Waals surface area contributed by atoms with Crippen LogP contribution in [-0.2, 0) is 11.2 Å². The van der Waals surface area contributed by atoms with Gasteiger partial charge in [0.05, 0.1) is 6.42 Å². The maximum absolute atomic E-state index is 13.4. The van der Waals surface area contributed by atoms with Gasteiger partial charge in [0.25, 0.3) is 0 Å². The molecule has 5 heteroatoms. The molecule has 1 N–H and O–H groups in total. The van der Waals surface area contributed by atoms with Crippen molar-refractivity contribution in [3.63, 3.8) is 0 Å². The molecule has 1 aromatic carbocycles. The van der Waals surface area contributed by atoms with E-state index in [4.69, 9.17) is 0 Å². The van der Waals surface area contributed by atoms with Crippen LogP contribution in [-0.4, -0.2) is 36.5 Å². The van der Waals surface area contributed by atoms with Crippen molar-refractivity contribution in [1.82, 2.24) is 10.2 Å². The van der Waals surface area contributed by atoms with Gasteiger partial charge < -0.3 is 10.2 Å². The number of nitrogens with zero attached hydrogens (tertiary/aromatic N) is 1. The predicted octanol–water partition coefficient (Wildman–Crippen LogP) is 1.33. The molecule has 1 amide bonds. The summed E-state index contributed by atoms with van der Waals surface area (Å²) >= 11 is 0.